The molecule has 1 aliphatic carbocycles. The molecule has 0 radical (unpaired) electrons. The van der Waals surface area contributed by atoms with Crippen LogP contribution in [0.25, 0.3) is 10.8 Å². The monoisotopic (exact) mass is 302 g/mol. The second-order valence-electron chi connectivity index (χ2n) is 6.29. The van der Waals surface area contributed by atoms with Gasteiger partial charge < -0.3 is 0 Å². The van der Waals surface area contributed by atoms with Crippen LogP contribution < -0.4 is 4.57 Å². The van der Waals surface area contributed by atoms with Gasteiger partial charge in [-0.05, 0) is 53.6 Å². The number of aryl methyl sites for hydroxylation is 2. The minimum absolute atomic E-state index is 0.186. The van der Waals surface area contributed by atoms with E-state index in [1.807, 2.05) is 41.2 Å². The molecule has 23 heavy (non-hydrogen) atoms. The molecule has 0 atom stereocenters. The Labute approximate surface area is 136 Å². The summed E-state index contributed by atoms with van der Waals surface area (Å²) in [6.07, 6.45) is 8.60. The van der Waals surface area contributed by atoms with E-state index < -0.39 is 0 Å². The van der Waals surface area contributed by atoms with Gasteiger partial charge in [0, 0.05) is 17.7 Å². The molecule has 2 aromatic carbocycles. The highest BCUT2D eigenvalue weighted by Gasteiger charge is 2.20. The minimum Gasteiger partial charge on any atom is -0.287 e. The molecule has 4 rings (SSSR count). The number of aromatic nitrogens is 1. The third-order valence-electron chi connectivity index (χ3n) is 4.78. The average molecular weight is 302 g/mol. The Kier molecular flexibility index (Phi) is 3.66. The zero-order valence-corrected chi connectivity index (χ0v) is 13.2. The fraction of sp³-hybridized carbons (Fsp3) is 0.238. The van der Waals surface area contributed by atoms with Gasteiger partial charge in [-0.3, -0.25) is 4.79 Å². The molecule has 0 N–H and O–H groups in total. The van der Waals surface area contributed by atoms with E-state index >= 15 is 0 Å². The molecule has 0 unspecified atom stereocenters. The predicted octanol–water partition coefficient (Wildman–Crippen LogP) is 3.89. The van der Waals surface area contributed by atoms with E-state index in [-0.39, 0.29) is 5.78 Å². The summed E-state index contributed by atoms with van der Waals surface area (Å²) in [6, 6.07) is 16.4. The standard InChI is InChI=1S/C21H20NO/c23-21(15-22-12-6-1-7-13-22)20-14-16-8-2-3-9-17(16)18-10-4-5-11-19(18)20/h1,4-7,10-14H,2-3,8-9,15H2/q+1. The summed E-state index contributed by atoms with van der Waals surface area (Å²) < 4.78 is 1.94. The SMILES string of the molecule is O=C(C[n+]1ccccc1)c1cc2c(c3ccccc13)CCCC2. The molecule has 3 aromatic rings. The second kappa shape index (κ2) is 5.96. The number of nitrogens with zero attached hydrogens (tertiary/aromatic N) is 1. The van der Waals surface area contributed by atoms with Crippen LogP contribution in [0.1, 0.15) is 34.3 Å². The zero-order chi connectivity index (χ0) is 15.6. The Morgan fingerprint density at radius 1 is 0.913 bits per heavy atom. The summed E-state index contributed by atoms with van der Waals surface area (Å²) in [5, 5.41) is 2.38. The van der Waals surface area contributed by atoms with Gasteiger partial charge in [-0.15, -0.1) is 0 Å². The highest BCUT2D eigenvalue weighted by molar-refractivity contribution is 6.08. The van der Waals surface area contributed by atoms with Crippen molar-refractivity contribution in [3.05, 3.63) is 77.6 Å². The van der Waals surface area contributed by atoms with Crippen molar-refractivity contribution in [2.75, 3.05) is 0 Å². The third kappa shape index (κ3) is 2.65. The number of fused-ring (bicyclic) bond motifs is 3. The molecule has 0 bridgehead atoms. The van der Waals surface area contributed by atoms with Crippen LogP contribution in [-0.2, 0) is 19.4 Å². The minimum atomic E-state index is 0.186. The molecular formula is C21H20NO+. The summed E-state index contributed by atoms with van der Waals surface area (Å²) in [6.45, 7) is 0.392. The van der Waals surface area contributed by atoms with Crippen LogP contribution in [0.15, 0.2) is 60.9 Å². The van der Waals surface area contributed by atoms with Gasteiger partial charge in [0.15, 0.2) is 12.4 Å². The second-order valence-corrected chi connectivity index (χ2v) is 6.29. The third-order valence-corrected chi connectivity index (χ3v) is 4.78. The first-order chi connectivity index (χ1) is 11.3. The number of ketones is 1. The Morgan fingerprint density at radius 3 is 2.48 bits per heavy atom. The van der Waals surface area contributed by atoms with E-state index in [0.29, 0.717) is 6.54 Å². The smallest absolute Gasteiger partial charge is 0.228 e. The van der Waals surface area contributed by atoms with Gasteiger partial charge in [-0.2, -0.15) is 4.57 Å². The van der Waals surface area contributed by atoms with E-state index in [1.165, 1.54) is 29.4 Å². The molecule has 0 saturated carbocycles. The van der Waals surface area contributed by atoms with E-state index in [1.54, 1.807) is 0 Å². The number of Topliss-reactive ketones (excluding diaryl/α,β-unsaturated/α-hetero) is 1. The van der Waals surface area contributed by atoms with Crippen molar-refractivity contribution < 1.29 is 9.36 Å². The molecule has 0 spiro atoms. The lowest BCUT2D eigenvalue weighted by molar-refractivity contribution is -0.683. The van der Waals surface area contributed by atoms with Crippen molar-refractivity contribution in [2.45, 2.75) is 32.2 Å². The van der Waals surface area contributed by atoms with E-state index in [2.05, 4.69) is 24.3 Å². The molecule has 0 aliphatic heterocycles. The first-order valence-corrected chi connectivity index (χ1v) is 8.34. The molecule has 0 saturated heterocycles. The van der Waals surface area contributed by atoms with Gasteiger partial charge in [0.05, 0.1) is 0 Å². The summed E-state index contributed by atoms with van der Waals surface area (Å²) in [7, 11) is 0. The van der Waals surface area contributed by atoms with Gasteiger partial charge in [0.1, 0.15) is 0 Å². The molecule has 2 nitrogen and oxygen atoms in total. The van der Waals surface area contributed by atoms with Crippen molar-refractivity contribution in [2.24, 2.45) is 0 Å². The molecule has 0 fully saturated rings. The maximum absolute atomic E-state index is 12.9. The lowest BCUT2D eigenvalue weighted by atomic mass is 9.85. The van der Waals surface area contributed by atoms with Crippen LogP contribution >= 0.6 is 0 Å². The molecule has 1 heterocycles. The highest BCUT2D eigenvalue weighted by atomic mass is 16.1. The molecular weight excluding hydrogens is 282 g/mol. The molecule has 2 heteroatoms. The van der Waals surface area contributed by atoms with Gasteiger partial charge in [0.25, 0.3) is 0 Å². The quantitative estimate of drug-likeness (QED) is 0.531. The van der Waals surface area contributed by atoms with Gasteiger partial charge in [-0.25, -0.2) is 0 Å². The van der Waals surface area contributed by atoms with Crippen LogP contribution in [-0.4, -0.2) is 5.78 Å². The van der Waals surface area contributed by atoms with Crippen LogP contribution in [0.5, 0.6) is 0 Å². The summed E-state index contributed by atoms with van der Waals surface area (Å²) in [5.74, 6) is 0.186. The number of carbonyl (C=O) groups is 1. The van der Waals surface area contributed by atoms with Gasteiger partial charge in [0.2, 0.25) is 12.3 Å². The maximum Gasteiger partial charge on any atom is 0.228 e. The van der Waals surface area contributed by atoms with Gasteiger partial charge >= 0.3 is 0 Å². The largest absolute Gasteiger partial charge is 0.287 e. The predicted molar refractivity (Wildman–Crippen MR) is 91.6 cm³/mol. The Balaban J connectivity index is 1.82. The fourth-order valence-electron chi connectivity index (χ4n) is 3.65. The van der Waals surface area contributed by atoms with Crippen LogP contribution in [0.3, 0.4) is 0 Å². The van der Waals surface area contributed by atoms with Gasteiger partial charge in [-0.1, -0.05) is 30.3 Å². The number of benzene rings is 2. The van der Waals surface area contributed by atoms with E-state index in [4.69, 9.17) is 0 Å². The lowest BCUT2D eigenvalue weighted by Gasteiger charge is -2.19. The van der Waals surface area contributed by atoms with E-state index in [9.17, 15) is 4.79 Å². The lowest BCUT2D eigenvalue weighted by Crippen LogP contribution is -2.37. The van der Waals surface area contributed by atoms with Crippen molar-refractivity contribution in [1.82, 2.24) is 0 Å². The van der Waals surface area contributed by atoms with Crippen molar-refractivity contribution in [3.8, 4) is 0 Å². The van der Waals surface area contributed by atoms with Crippen LogP contribution in [0.4, 0.5) is 0 Å². The molecule has 1 aliphatic rings. The average Bonchev–Trinajstić information content (AvgIpc) is 2.62. The first kappa shape index (κ1) is 14.1. The normalized spacial score (nSPS) is 13.7. The highest BCUT2D eigenvalue weighted by Crippen LogP contribution is 2.31. The van der Waals surface area contributed by atoms with E-state index in [0.717, 1.165) is 23.8 Å². The topological polar surface area (TPSA) is 20.9 Å². The molecule has 0 amide bonds. The zero-order valence-electron chi connectivity index (χ0n) is 13.2. The fourth-order valence-corrected chi connectivity index (χ4v) is 3.65. The Hall–Kier alpha value is -2.48. The van der Waals surface area contributed by atoms with Crippen LogP contribution in [0, 0.1) is 0 Å². The Morgan fingerprint density at radius 2 is 1.65 bits per heavy atom. The molecule has 114 valence electrons. The number of carbonyl (C=O) groups excluding carboxylic acids is 1. The van der Waals surface area contributed by atoms with Crippen molar-refractivity contribution in [1.29, 1.82) is 0 Å². The maximum atomic E-state index is 12.9. The Bertz CT molecular complexity index is 868. The molecule has 1 aromatic heterocycles. The van der Waals surface area contributed by atoms with Crippen molar-refractivity contribution in [3.63, 3.8) is 0 Å². The van der Waals surface area contributed by atoms with Crippen LogP contribution in [0.2, 0.25) is 0 Å². The summed E-state index contributed by atoms with van der Waals surface area (Å²) in [4.78, 5) is 12.9. The number of hydrogen-bond acceptors (Lipinski definition) is 1. The number of hydrogen-bond donors (Lipinski definition) is 0. The summed E-state index contributed by atoms with van der Waals surface area (Å²) in [5.41, 5.74) is 3.70. The number of rotatable bonds is 3. The number of pyridine rings is 1. The van der Waals surface area contributed by atoms with Crippen molar-refractivity contribution >= 4 is 16.6 Å². The first-order valence-electron chi connectivity index (χ1n) is 8.34. The summed E-state index contributed by atoms with van der Waals surface area (Å²) >= 11 is 0.